The quantitative estimate of drug-likeness (QED) is 0.576. The third-order valence-electron chi connectivity index (χ3n) is 5.43. The van der Waals surface area contributed by atoms with Crippen molar-refractivity contribution in [2.45, 2.75) is 40.8 Å². The van der Waals surface area contributed by atoms with Gasteiger partial charge in [-0.15, -0.1) is 11.3 Å². The van der Waals surface area contributed by atoms with Crippen LogP contribution in [0.2, 0.25) is 0 Å². The maximum Gasteiger partial charge on any atom is 0.252 e. The number of piperidine rings is 1. The minimum Gasteiger partial charge on any atom is -0.211 e. The van der Waals surface area contributed by atoms with Crippen LogP contribution in [0.25, 0.3) is 10.8 Å². The molecule has 1 atom stereocenters. The molecule has 1 aromatic heterocycles. The fourth-order valence-electron chi connectivity index (χ4n) is 3.88. The van der Waals surface area contributed by atoms with E-state index in [9.17, 15) is 16.8 Å². The van der Waals surface area contributed by atoms with Gasteiger partial charge < -0.3 is 0 Å². The molecule has 2 heterocycles. The Morgan fingerprint density at radius 2 is 1.77 bits per heavy atom. The molecule has 3 aromatic rings. The number of benzene rings is 2. The minimum atomic E-state index is -3.66. The Kier molecular flexibility index (Phi) is 6.26. The highest BCUT2D eigenvalue weighted by Crippen LogP contribution is 2.29. The number of rotatable bonds is 7. The van der Waals surface area contributed by atoms with Crippen LogP contribution < -0.4 is 4.72 Å². The lowest BCUT2D eigenvalue weighted by Crippen LogP contribution is -2.44. The Balaban J connectivity index is 1.45. The number of hydrogen-bond donors (Lipinski definition) is 1. The first-order valence-electron chi connectivity index (χ1n) is 9.92. The highest BCUT2D eigenvalue weighted by molar-refractivity contribution is 7.91. The van der Waals surface area contributed by atoms with E-state index in [0.717, 1.165) is 30.0 Å². The summed E-state index contributed by atoms with van der Waals surface area (Å²) in [6, 6.07) is 15.8. The molecule has 2 aromatic carbocycles. The third kappa shape index (κ3) is 4.45. The van der Waals surface area contributed by atoms with Crippen LogP contribution in [0.15, 0.2) is 69.1 Å². The molecule has 4 rings (SSSR count). The van der Waals surface area contributed by atoms with E-state index < -0.39 is 20.0 Å². The van der Waals surface area contributed by atoms with Gasteiger partial charge in [0.25, 0.3) is 10.0 Å². The summed E-state index contributed by atoms with van der Waals surface area (Å²) in [5.41, 5.74) is 0. The molecule has 0 bridgehead atoms. The molecule has 9 heteroatoms. The molecule has 1 N–H and O–H groups in total. The maximum absolute atomic E-state index is 13.0. The molecular weight excluding hydrogens is 440 g/mol. The maximum atomic E-state index is 13.0. The summed E-state index contributed by atoms with van der Waals surface area (Å²) in [4.78, 5) is 0.216. The zero-order valence-corrected chi connectivity index (χ0v) is 18.8. The summed E-state index contributed by atoms with van der Waals surface area (Å²) >= 11 is 1.21. The lowest BCUT2D eigenvalue weighted by Gasteiger charge is -2.34. The molecule has 1 aliphatic rings. The van der Waals surface area contributed by atoms with E-state index in [1.807, 2.05) is 24.3 Å². The van der Waals surface area contributed by atoms with E-state index in [1.165, 1.54) is 11.3 Å². The van der Waals surface area contributed by atoms with Crippen LogP contribution in [0.4, 0.5) is 0 Å². The first-order chi connectivity index (χ1) is 14.4. The zero-order chi connectivity index (χ0) is 21.2. The number of fused-ring (bicyclic) bond motifs is 1. The van der Waals surface area contributed by atoms with Crippen molar-refractivity contribution >= 4 is 42.2 Å². The molecule has 0 radical (unpaired) electrons. The number of nitrogens with one attached hydrogen (secondary N) is 1. The normalized spacial score (nSPS) is 18.6. The van der Waals surface area contributed by atoms with Crippen molar-refractivity contribution in [2.24, 2.45) is 0 Å². The topological polar surface area (TPSA) is 83.6 Å². The van der Waals surface area contributed by atoms with E-state index in [2.05, 4.69) is 4.72 Å². The molecule has 0 amide bonds. The Labute approximate surface area is 181 Å². The monoisotopic (exact) mass is 464 g/mol. The summed E-state index contributed by atoms with van der Waals surface area (Å²) in [6.45, 7) is 0.665. The SMILES string of the molecule is O=S(=O)(NCCC1CCCCN1S(=O)(=O)c1cccs1)c1ccc2ccccc2c1. The van der Waals surface area contributed by atoms with E-state index in [1.54, 1.807) is 40.0 Å². The molecule has 1 aliphatic heterocycles. The highest BCUT2D eigenvalue weighted by atomic mass is 32.2. The van der Waals surface area contributed by atoms with Crippen molar-refractivity contribution in [2.75, 3.05) is 13.1 Å². The molecular formula is C21H24N2O4S3. The van der Waals surface area contributed by atoms with Crippen LogP contribution >= 0.6 is 11.3 Å². The Morgan fingerprint density at radius 1 is 0.967 bits per heavy atom. The van der Waals surface area contributed by atoms with E-state index in [4.69, 9.17) is 0 Å². The van der Waals surface area contributed by atoms with Gasteiger partial charge >= 0.3 is 0 Å². The first kappa shape index (κ1) is 21.5. The van der Waals surface area contributed by atoms with Crippen molar-refractivity contribution in [1.82, 2.24) is 9.03 Å². The van der Waals surface area contributed by atoms with Crippen molar-refractivity contribution in [3.05, 3.63) is 60.0 Å². The van der Waals surface area contributed by atoms with Gasteiger partial charge in [0, 0.05) is 19.1 Å². The molecule has 1 saturated heterocycles. The van der Waals surface area contributed by atoms with Crippen LogP contribution in [0.1, 0.15) is 25.7 Å². The lowest BCUT2D eigenvalue weighted by molar-refractivity contribution is 0.242. The van der Waals surface area contributed by atoms with E-state index in [0.29, 0.717) is 17.2 Å². The van der Waals surface area contributed by atoms with Crippen LogP contribution in [0, 0.1) is 0 Å². The van der Waals surface area contributed by atoms with Gasteiger partial charge in [-0.05, 0) is 53.6 Å². The Hall–Kier alpha value is -1.78. The van der Waals surface area contributed by atoms with Crippen molar-refractivity contribution in [3.63, 3.8) is 0 Å². The largest absolute Gasteiger partial charge is 0.252 e. The highest BCUT2D eigenvalue weighted by Gasteiger charge is 2.34. The lowest BCUT2D eigenvalue weighted by atomic mass is 10.0. The predicted octanol–water partition coefficient (Wildman–Crippen LogP) is 3.81. The van der Waals surface area contributed by atoms with Crippen molar-refractivity contribution in [3.8, 4) is 0 Å². The average molecular weight is 465 g/mol. The van der Waals surface area contributed by atoms with Crippen LogP contribution in [0.5, 0.6) is 0 Å². The van der Waals surface area contributed by atoms with Gasteiger partial charge in [0.1, 0.15) is 4.21 Å². The number of hydrogen-bond acceptors (Lipinski definition) is 5. The molecule has 6 nitrogen and oxygen atoms in total. The molecule has 0 saturated carbocycles. The second-order valence-corrected chi connectivity index (χ2v) is 12.2. The van der Waals surface area contributed by atoms with Crippen LogP contribution in [-0.4, -0.2) is 40.3 Å². The predicted molar refractivity (Wildman–Crippen MR) is 120 cm³/mol. The summed E-state index contributed by atoms with van der Waals surface area (Å²) in [5.74, 6) is 0. The first-order valence-corrected chi connectivity index (χ1v) is 13.7. The Morgan fingerprint density at radius 3 is 2.53 bits per heavy atom. The molecule has 1 fully saturated rings. The standard InChI is InChI=1S/C21H24N2O4S3/c24-29(25,20-11-10-17-6-1-2-7-18(17)16-20)22-13-12-19-8-3-4-14-23(19)30(26,27)21-9-5-15-28-21/h1-2,5-7,9-11,15-16,19,22H,3-4,8,12-14H2. The van der Waals surface area contributed by atoms with E-state index >= 15 is 0 Å². The number of sulfonamides is 2. The smallest absolute Gasteiger partial charge is 0.211 e. The van der Waals surface area contributed by atoms with Gasteiger partial charge in [-0.2, -0.15) is 4.31 Å². The number of nitrogens with zero attached hydrogens (tertiary/aromatic N) is 1. The molecule has 0 spiro atoms. The van der Waals surface area contributed by atoms with Crippen LogP contribution in [-0.2, 0) is 20.0 Å². The van der Waals surface area contributed by atoms with Gasteiger partial charge in [0.05, 0.1) is 4.90 Å². The fourth-order valence-corrected chi connectivity index (χ4v) is 7.81. The van der Waals surface area contributed by atoms with Gasteiger partial charge in [0.15, 0.2) is 0 Å². The van der Waals surface area contributed by atoms with Crippen molar-refractivity contribution in [1.29, 1.82) is 0 Å². The second kappa shape index (κ2) is 8.76. The third-order valence-corrected chi connectivity index (χ3v) is 10.2. The summed E-state index contributed by atoms with van der Waals surface area (Å²) < 4.78 is 55.9. The Bertz CT molecular complexity index is 1220. The van der Waals surface area contributed by atoms with E-state index in [-0.39, 0.29) is 17.5 Å². The number of thiophene rings is 1. The summed E-state index contributed by atoms with van der Waals surface area (Å²) in [7, 11) is -7.20. The van der Waals surface area contributed by atoms with Crippen molar-refractivity contribution < 1.29 is 16.8 Å². The summed E-state index contributed by atoms with van der Waals surface area (Å²) in [5, 5.41) is 3.60. The van der Waals surface area contributed by atoms with Crippen LogP contribution in [0.3, 0.4) is 0 Å². The van der Waals surface area contributed by atoms with Gasteiger partial charge in [-0.1, -0.05) is 42.8 Å². The minimum absolute atomic E-state index is 0.191. The second-order valence-electron chi connectivity index (χ2n) is 7.39. The zero-order valence-electron chi connectivity index (χ0n) is 16.4. The fraction of sp³-hybridized carbons (Fsp3) is 0.333. The van der Waals surface area contributed by atoms with Gasteiger partial charge in [-0.25, -0.2) is 21.6 Å². The summed E-state index contributed by atoms with van der Waals surface area (Å²) in [6.07, 6.45) is 2.95. The van der Waals surface area contributed by atoms with Gasteiger partial charge in [0.2, 0.25) is 10.0 Å². The molecule has 160 valence electrons. The molecule has 1 unspecified atom stereocenters. The molecule has 0 aliphatic carbocycles. The molecule has 30 heavy (non-hydrogen) atoms. The average Bonchev–Trinajstić information content (AvgIpc) is 3.29. The van der Waals surface area contributed by atoms with Gasteiger partial charge in [-0.3, -0.25) is 0 Å².